The SMILES string of the molecule is Cc1c(Nc2nc3ccccc3s2)nnc2c1CCCN2c1nc(C(=O)O)c(CCCOc2ccc(C#CCN(CC[C@H](O)CO)CC[C@H](O)CO)cc2F)s1. The van der Waals surface area contributed by atoms with Crippen molar-refractivity contribution in [1.82, 2.24) is 25.1 Å². The van der Waals surface area contributed by atoms with Crippen LogP contribution in [-0.4, -0.2) is 115 Å². The normalized spacial score (nSPS) is 13.7. The van der Waals surface area contributed by atoms with Gasteiger partial charge >= 0.3 is 5.97 Å². The Morgan fingerprint density at radius 2 is 1.84 bits per heavy atom. The van der Waals surface area contributed by atoms with E-state index in [0.29, 0.717) is 72.5 Å². The number of hydrogen-bond acceptors (Lipinski definition) is 15. The molecule has 3 aromatic heterocycles. The van der Waals surface area contributed by atoms with Gasteiger partial charge in [0, 0.05) is 41.2 Å². The fraction of sp³-hybridized carbons (Fsp3) is 0.410. The van der Waals surface area contributed by atoms with E-state index in [9.17, 15) is 24.5 Å². The number of nitrogens with zero attached hydrogens (tertiary/aromatic N) is 6. The molecule has 2 atom stereocenters. The zero-order valence-electron chi connectivity index (χ0n) is 30.8. The van der Waals surface area contributed by atoms with E-state index in [0.717, 1.165) is 39.3 Å². The summed E-state index contributed by atoms with van der Waals surface area (Å²) in [6, 6.07) is 12.3. The Bertz CT molecular complexity index is 2140. The third-order valence-corrected chi connectivity index (χ3v) is 11.4. The number of ether oxygens (including phenoxy) is 1. The summed E-state index contributed by atoms with van der Waals surface area (Å²) in [7, 11) is 0. The molecule has 56 heavy (non-hydrogen) atoms. The lowest BCUT2D eigenvalue weighted by atomic mass is 10.0. The lowest BCUT2D eigenvalue weighted by molar-refractivity contribution is 0.0657. The van der Waals surface area contributed by atoms with Crippen LogP contribution in [-0.2, 0) is 12.8 Å². The maximum atomic E-state index is 15.0. The molecule has 5 aromatic rings. The van der Waals surface area contributed by atoms with E-state index in [1.807, 2.05) is 41.0 Å². The molecule has 0 saturated heterocycles. The molecule has 17 heteroatoms. The van der Waals surface area contributed by atoms with Gasteiger partial charge in [0.05, 0.1) is 48.8 Å². The number of aromatic carboxylic acids is 1. The number of halogens is 1. The lowest BCUT2D eigenvalue weighted by Gasteiger charge is -2.28. The van der Waals surface area contributed by atoms with Gasteiger partial charge in [-0.25, -0.2) is 19.2 Å². The molecule has 0 unspecified atom stereocenters. The van der Waals surface area contributed by atoms with Gasteiger partial charge in [-0.05, 0) is 75.8 Å². The van der Waals surface area contributed by atoms with Gasteiger partial charge in [0.2, 0.25) is 0 Å². The number of carboxylic acid groups (broad SMARTS) is 1. The van der Waals surface area contributed by atoms with Crippen LogP contribution >= 0.6 is 22.7 Å². The highest BCUT2D eigenvalue weighted by Gasteiger charge is 2.28. The third-order valence-electron chi connectivity index (χ3n) is 9.28. The quantitative estimate of drug-likeness (QED) is 0.0528. The summed E-state index contributed by atoms with van der Waals surface area (Å²) in [5.74, 6) is 5.50. The zero-order valence-corrected chi connectivity index (χ0v) is 32.5. The van der Waals surface area contributed by atoms with Crippen LogP contribution in [0.3, 0.4) is 0 Å². The number of aliphatic hydroxyl groups excluding tert-OH is 4. The standard InChI is InChI=1S/C39H44FN7O7S2/c1-24-28-8-5-17-47(36(28)45-44-35(24)43-38-41-30-9-2-3-10-32(30)55-38)39-42-34(37(52)53)33(56-39)11-6-20-54-31-13-12-25(21-29(31)40)7-4-16-46(18-14-26(50)22-48)19-15-27(51)23-49/h2-3,9-10,12-13,21,26-27,48-51H,5-6,8,11,14-20,22-23H2,1H3,(H,52,53)(H,41,43,44)/t26-,27-/m0/s1. The fourth-order valence-electron chi connectivity index (χ4n) is 6.18. The monoisotopic (exact) mass is 805 g/mol. The molecule has 6 N–H and O–H groups in total. The minimum Gasteiger partial charge on any atom is -0.491 e. The van der Waals surface area contributed by atoms with Crippen LogP contribution in [0.2, 0.25) is 0 Å². The molecule has 1 aliphatic heterocycles. The molecule has 0 radical (unpaired) electrons. The highest BCUT2D eigenvalue weighted by Crippen LogP contribution is 2.39. The number of fused-ring (bicyclic) bond motifs is 2. The first kappa shape index (κ1) is 40.9. The van der Waals surface area contributed by atoms with E-state index in [4.69, 9.17) is 14.9 Å². The molecule has 0 fully saturated rings. The number of aromatic nitrogens is 4. The smallest absolute Gasteiger partial charge is 0.355 e. The number of carboxylic acids is 1. The summed E-state index contributed by atoms with van der Waals surface area (Å²) in [6.07, 6.45) is 1.27. The van der Waals surface area contributed by atoms with Crippen molar-refractivity contribution in [2.45, 2.75) is 57.7 Å². The van der Waals surface area contributed by atoms with Gasteiger partial charge in [0.25, 0.3) is 0 Å². The van der Waals surface area contributed by atoms with Crippen molar-refractivity contribution in [3.8, 4) is 17.6 Å². The number of rotatable bonds is 18. The number of aliphatic hydroxyl groups is 4. The van der Waals surface area contributed by atoms with Crippen molar-refractivity contribution in [3.05, 3.63) is 75.5 Å². The van der Waals surface area contributed by atoms with Crippen LogP contribution in [0.1, 0.15) is 57.7 Å². The largest absolute Gasteiger partial charge is 0.491 e. The Hall–Kier alpha value is -4.80. The van der Waals surface area contributed by atoms with E-state index in [1.54, 1.807) is 6.07 Å². The Kier molecular flexibility index (Phi) is 14.1. The van der Waals surface area contributed by atoms with Crippen molar-refractivity contribution in [2.75, 3.05) is 56.2 Å². The van der Waals surface area contributed by atoms with E-state index >= 15 is 0 Å². The number of carbonyl (C=O) groups is 1. The summed E-state index contributed by atoms with van der Waals surface area (Å²) >= 11 is 2.83. The first-order valence-electron chi connectivity index (χ1n) is 18.3. The van der Waals surface area contributed by atoms with Crippen LogP contribution in [0.15, 0.2) is 42.5 Å². The molecular weight excluding hydrogens is 762 g/mol. The molecule has 14 nitrogen and oxygen atoms in total. The minimum atomic E-state index is -1.13. The molecule has 1 aliphatic rings. The summed E-state index contributed by atoms with van der Waals surface area (Å²) in [5.41, 5.74) is 3.27. The van der Waals surface area contributed by atoms with Crippen molar-refractivity contribution in [1.29, 1.82) is 0 Å². The second kappa shape index (κ2) is 19.4. The average Bonchev–Trinajstić information content (AvgIpc) is 3.83. The summed E-state index contributed by atoms with van der Waals surface area (Å²) in [6.45, 7) is 3.13. The van der Waals surface area contributed by atoms with Gasteiger partial charge < -0.3 is 40.5 Å². The molecule has 4 heterocycles. The number of thiazole rings is 2. The van der Waals surface area contributed by atoms with Crippen molar-refractivity contribution in [2.24, 2.45) is 0 Å². The number of anilines is 4. The molecule has 0 amide bonds. The van der Waals surface area contributed by atoms with E-state index < -0.39 is 24.0 Å². The maximum Gasteiger partial charge on any atom is 0.355 e. The number of para-hydroxylation sites is 1. The third kappa shape index (κ3) is 10.3. The predicted octanol–water partition coefficient (Wildman–Crippen LogP) is 4.67. The van der Waals surface area contributed by atoms with Crippen molar-refractivity contribution >= 4 is 60.8 Å². The first-order valence-corrected chi connectivity index (χ1v) is 20.0. The summed E-state index contributed by atoms with van der Waals surface area (Å²) in [5, 5.41) is 61.3. The van der Waals surface area contributed by atoms with Gasteiger partial charge in [-0.3, -0.25) is 4.90 Å². The second-order valence-corrected chi connectivity index (χ2v) is 15.4. The first-order chi connectivity index (χ1) is 27.1. The summed E-state index contributed by atoms with van der Waals surface area (Å²) in [4.78, 5) is 25.8. The second-order valence-electron chi connectivity index (χ2n) is 13.3. The highest BCUT2D eigenvalue weighted by atomic mass is 32.1. The van der Waals surface area contributed by atoms with Gasteiger partial charge in [0.15, 0.2) is 39.2 Å². The van der Waals surface area contributed by atoms with Crippen LogP contribution in [0.5, 0.6) is 5.75 Å². The van der Waals surface area contributed by atoms with Gasteiger partial charge in [-0.15, -0.1) is 21.5 Å². The molecule has 0 spiro atoms. The molecule has 2 aromatic carbocycles. The molecule has 0 aliphatic carbocycles. The predicted molar refractivity (Wildman–Crippen MR) is 213 cm³/mol. The molecule has 0 bridgehead atoms. The maximum absolute atomic E-state index is 15.0. The van der Waals surface area contributed by atoms with E-state index in [1.165, 1.54) is 34.8 Å². The number of aryl methyl sites for hydroxylation is 1. The van der Waals surface area contributed by atoms with Gasteiger partial charge in [-0.2, -0.15) is 0 Å². The topological polar surface area (TPSA) is 198 Å². The van der Waals surface area contributed by atoms with Crippen molar-refractivity contribution < 1.29 is 39.5 Å². The van der Waals surface area contributed by atoms with Gasteiger partial charge in [-0.1, -0.05) is 35.3 Å². The fourth-order valence-corrected chi connectivity index (χ4v) is 8.17. The van der Waals surface area contributed by atoms with Crippen molar-refractivity contribution in [3.63, 3.8) is 0 Å². The number of nitrogens with one attached hydrogen (secondary N) is 1. The lowest BCUT2D eigenvalue weighted by Crippen LogP contribution is -2.32. The Balaban J connectivity index is 1.05. The van der Waals surface area contributed by atoms with E-state index in [-0.39, 0.29) is 37.8 Å². The number of benzene rings is 2. The highest BCUT2D eigenvalue weighted by molar-refractivity contribution is 7.22. The molecule has 296 valence electrons. The average molecular weight is 806 g/mol. The minimum absolute atomic E-state index is 0.0299. The van der Waals surface area contributed by atoms with Crippen LogP contribution in [0.4, 0.5) is 26.3 Å². The van der Waals surface area contributed by atoms with Gasteiger partial charge in [0.1, 0.15) is 0 Å². The summed E-state index contributed by atoms with van der Waals surface area (Å²) < 4.78 is 21.8. The molecular formula is C39H44FN7O7S2. The van der Waals surface area contributed by atoms with E-state index in [2.05, 4.69) is 37.3 Å². The Morgan fingerprint density at radius 3 is 2.55 bits per heavy atom. The Labute approximate surface area is 331 Å². The van der Waals surface area contributed by atoms with Crippen LogP contribution in [0, 0.1) is 24.6 Å². The van der Waals surface area contributed by atoms with Crippen LogP contribution in [0.25, 0.3) is 10.2 Å². The number of hydrogen-bond donors (Lipinski definition) is 6. The Morgan fingerprint density at radius 1 is 1.07 bits per heavy atom. The zero-order chi connectivity index (χ0) is 39.6. The molecule has 0 saturated carbocycles. The molecule has 6 rings (SSSR count). The van der Waals surface area contributed by atoms with Crippen LogP contribution < -0.4 is 15.0 Å².